The predicted molar refractivity (Wildman–Crippen MR) is 64.7 cm³/mol. The first-order valence-electron chi connectivity index (χ1n) is 9.01. The van der Waals surface area contributed by atoms with Crippen molar-refractivity contribution in [3.63, 3.8) is 0 Å². The van der Waals surface area contributed by atoms with E-state index < -0.39 is 54.6 Å². The smallest absolute Gasteiger partial charge is 0.149 e. The lowest BCUT2D eigenvalue weighted by atomic mass is 9.97. The van der Waals surface area contributed by atoms with E-state index in [2.05, 4.69) is 11.8 Å². The van der Waals surface area contributed by atoms with Crippen LogP contribution in [-0.2, 0) is 4.79 Å². The first-order valence-corrected chi connectivity index (χ1v) is 4.43. The van der Waals surface area contributed by atoms with Crippen molar-refractivity contribution >= 4 is 6.29 Å². The molecule has 0 radical (unpaired) electrons. The molecular weight excluding hydrogens is 196 g/mol. The zero-order valence-electron chi connectivity index (χ0n) is 17.1. The van der Waals surface area contributed by atoms with Gasteiger partial charge in [-0.05, 0) is 18.5 Å². The van der Waals surface area contributed by atoms with Gasteiger partial charge in [-0.1, -0.05) is 48.1 Å². The third-order valence-electron chi connectivity index (χ3n) is 1.72. The van der Waals surface area contributed by atoms with Gasteiger partial charge in [0.15, 0.2) is 0 Å². The van der Waals surface area contributed by atoms with Gasteiger partial charge in [0.25, 0.3) is 0 Å². The van der Waals surface area contributed by atoms with Gasteiger partial charge >= 0.3 is 0 Å². The van der Waals surface area contributed by atoms with Gasteiger partial charge in [0, 0.05) is 19.8 Å². The van der Waals surface area contributed by atoms with Crippen LogP contribution < -0.4 is 0 Å². The molecule has 1 aliphatic rings. The van der Waals surface area contributed by atoms with E-state index in [9.17, 15) is 4.79 Å². The molecular formula is C15H12O. The van der Waals surface area contributed by atoms with E-state index in [-0.39, 0.29) is 17.4 Å². The van der Waals surface area contributed by atoms with E-state index in [0.717, 1.165) is 6.08 Å². The van der Waals surface area contributed by atoms with Crippen LogP contribution in [0.3, 0.4) is 0 Å². The molecule has 0 amide bonds. The van der Waals surface area contributed by atoms with E-state index in [4.69, 9.17) is 12.3 Å². The van der Waals surface area contributed by atoms with Crippen LogP contribution in [0, 0.1) is 17.7 Å². The monoisotopic (exact) mass is 217 g/mol. The molecule has 2 unspecified atom stereocenters. The lowest BCUT2D eigenvalue weighted by Gasteiger charge is -2.06. The fourth-order valence-electron chi connectivity index (χ4n) is 0.982. The molecule has 0 saturated carbocycles. The van der Waals surface area contributed by atoms with E-state index in [1.54, 1.807) is 0 Å². The minimum Gasteiger partial charge on any atom is -0.298 e. The van der Waals surface area contributed by atoms with Crippen LogP contribution >= 0.6 is 0 Å². The Kier molecular flexibility index (Phi) is 1.31. The number of hydrogen-bond acceptors (Lipinski definition) is 1. The molecule has 0 saturated heterocycles. The molecule has 16 heavy (non-hydrogen) atoms. The van der Waals surface area contributed by atoms with Crippen LogP contribution in [0.2, 0.25) is 0 Å². The Labute approximate surface area is 108 Å². The van der Waals surface area contributed by atoms with Crippen molar-refractivity contribution in [2.24, 2.45) is 5.89 Å². The third kappa shape index (κ3) is 2.71. The average Bonchev–Trinajstić information content (AvgIpc) is 2.56. The highest BCUT2D eigenvalue weighted by Gasteiger charge is 2.04. The van der Waals surface area contributed by atoms with E-state index in [0.29, 0.717) is 0 Å². The number of hydrogen-bond donors (Lipinski definition) is 0. The Bertz CT molecular complexity index is 861. The van der Waals surface area contributed by atoms with Crippen molar-refractivity contribution in [2.45, 2.75) is 6.40 Å². The van der Waals surface area contributed by atoms with E-state index in [1.165, 1.54) is 0 Å². The van der Waals surface area contributed by atoms with Gasteiger partial charge in [-0.2, -0.15) is 0 Å². The molecule has 0 spiro atoms. The number of carbonyl (C=O) groups is 1. The minimum atomic E-state index is -2.05. The summed E-state index contributed by atoms with van der Waals surface area (Å²) in [5.41, 5.74) is -0.631. The molecule has 78 valence electrons. The molecule has 0 fully saturated rings. The van der Waals surface area contributed by atoms with Gasteiger partial charge in [-0.15, -0.1) is 0 Å². The summed E-state index contributed by atoms with van der Waals surface area (Å²) >= 11 is 0. The highest BCUT2D eigenvalue weighted by Crippen LogP contribution is 2.14. The Morgan fingerprint density at radius 3 is 3.06 bits per heavy atom. The molecule has 1 aromatic rings. The summed E-state index contributed by atoms with van der Waals surface area (Å²) in [6.07, 6.45) is -0.362. The standard InChI is InChI=1S/C15H12O/c16-12-15-10-8-14(9-11-15)7-6-13-4-2-1-3-5-13/h1-5,8,10-12,14H,9H2/i1D,2D,3D,4D,5D,9D,10D,11D,14D. The van der Waals surface area contributed by atoms with Crippen LogP contribution in [-0.4, -0.2) is 6.29 Å². The number of carbonyl (C=O) groups excluding carboxylic acids is 1. The average molecular weight is 217 g/mol. The highest BCUT2D eigenvalue weighted by molar-refractivity contribution is 5.77. The maximum atomic E-state index is 10.9. The molecule has 1 aromatic carbocycles. The summed E-state index contributed by atoms with van der Waals surface area (Å²) in [6, 6.07) is -3.72. The molecule has 0 N–H and O–H groups in total. The van der Waals surface area contributed by atoms with Crippen molar-refractivity contribution in [3.05, 3.63) is 59.5 Å². The zero-order valence-corrected chi connectivity index (χ0v) is 8.14. The van der Waals surface area contributed by atoms with Crippen molar-refractivity contribution in [1.82, 2.24) is 0 Å². The topological polar surface area (TPSA) is 17.1 Å². The fraction of sp³-hybridized carbons (Fsp3) is 0.133. The van der Waals surface area contributed by atoms with Gasteiger partial charge < -0.3 is 0 Å². The van der Waals surface area contributed by atoms with Gasteiger partial charge in [-0.25, -0.2) is 0 Å². The maximum absolute atomic E-state index is 10.9. The van der Waals surface area contributed by atoms with E-state index in [1.807, 2.05) is 0 Å². The van der Waals surface area contributed by atoms with Crippen molar-refractivity contribution < 1.29 is 17.1 Å². The summed E-state index contributed by atoms with van der Waals surface area (Å²) in [6.45, 7) is 0. The van der Waals surface area contributed by atoms with E-state index >= 15 is 0 Å². The lowest BCUT2D eigenvalue weighted by Crippen LogP contribution is -1.97. The quantitative estimate of drug-likeness (QED) is 0.522. The molecule has 1 heteroatoms. The van der Waals surface area contributed by atoms with Crippen molar-refractivity contribution in [2.75, 3.05) is 0 Å². The first-order chi connectivity index (χ1) is 11.5. The normalized spacial score (nSPS) is 36.6. The highest BCUT2D eigenvalue weighted by atomic mass is 16.1. The molecule has 2 atom stereocenters. The van der Waals surface area contributed by atoms with Crippen LogP contribution in [0.5, 0.6) is 0 Å². The number of benzene rings is 1. The summed E-state index contributed by atoms with van der Waals surface area (Å²) in [5.74, 6) is 2.59. The molecule has 1 nitrogen and oxygen atoms in total. The summed E-state index contributed by atoms with van der Waals surface area (Å²) in [7, 11) is 0. The molecule has 2 rings (SSSR count). The Hall–Kier alpha value is -2.07. The van der Waals surface area contributed by atoms with Crippen LogP contribution in [0.4, 0.5) is 0 Å². The first kappa shape index (κ1) is 4.07. The van der Waals surface area contributed by atoms with Crippen LogP contribution in [0.25, 0.3) is 0 Å². The summed E-state index contributed by atoms with van der Waals surface area (Å²) in [4.78, 5) is 10.9. The molecule has 1 aliphatic carbocycles. The lowest BCUT2D eigenvalue weighted by molar-refractivity contribution is -0.104. The SMILES string of the molecule is [2H]C1=CC([2H])(C#Cc2c([2H])c([2H])c([2H])c([2H])c2[2H])C([2H])C([2H])=C1C=O. The van der Waals surface area contributed by atoms with Gasteiger partial charge in [0.2, 0.25) is 0 Å². The number of rotatable bonds is 1. The predicted octanol–water partition coefficient (Wildman–Crippen LogP) is 2.74. The molecule has 0 bridgehead atoms. The largest absolute Gasteiger partial charge is 0.298 e. The maximum Gasteiger partial charge on any atom is 0.149 e. The van der Waals surface area contributed by atoms with Crippen molar-refractivity contribution in [1.29, 1.82) is 0 Å². The van der Waals surface area contributed by atoms with Gasteiger partial charge in [0.1, 0.15) is 6.29 Å². The van der Waals surface area contributed by atoms with Gasteiger partial charge in [-0.3, -0.25) is 4.79 Å². The minimum absolute atomic E-state index is 0.269. The zero-order chi connectivity index (χ0) is 19.1. The fourth-order valence-corrected chi connectivity index (χ4v) is 0.982. The molecule has 0 aromatic heterocycles. The second-order valence-corrected chi connectivity index (χ2v) is 2.81. The second-order valence-electron chi connectivity index (χ2n) is 2.81. The Morgan fingerprint density at radius 2 is 2.31 bits per heavy atom. The third-order valence-corrected chi connectivity index (χ3v) is 1.72. The summed E-state index contributed by atoms with van der Waals surface area (Å²) in [5, 5.41) is 0. The number of aldehydes is 1. The van der Waals surface area contributed by atoms with Crippen LogP contribution in [0.1, 0.15) is 24.3 Å². The Morgan fingerprint density at radius 1 is 1.50 bits per heavy atom. The molecule has 0 aliphatic heterocycles. The molecule has 0 heterocycles. The van der Waals surface area contributed by atoms with Crippen LogP contribution in [0.15, 0.2) is 54.0 Å². The van der Waals surface area contributed by atoms with Crippen molar-refractivity contribution in [3.8, 4) is 11.8 Å². The van der Waals surface area contributed by atoms with Gasteiger partial charge in [0.05, 0.1) is 9.60 Å². The second kappa shape index (κ2) is 5.14. The number of allylic oxidation sites excluding steroid dienone is 4. The Balaban J connectivity index is 2.61. The summed E-state index contributed by atoms with van der Waals surface area (Å²) < 4.78 is 69.8.